The maximum absolute atomic E-state index is 11.8. The molecule has 1 N–H and O–H groups in total. The van der Waals surface area contributed by atoms with E-state index in [2.05, 4.69) is 13.8 Å². The molecule has 18 heavy (non-hydrogen) atoms. The molecular formula is C12H24O5S. The first kappa shape index (κ1) is 17.4. The molecule has 0 aliphatic carbocycles. The van der Waals surface area contributed by atoms with E-state index in [1.165, 1.54) is 0 Å². The van der Waals surface area contributed by atoms with Crippen molar-refractivity contribution in [2.24, 2.45) is 11.8 Å². The lowest BCUT2D eigenvalue weighted by atomic mass is 10.1. The van der Waals surface area contributed by atoms with E-state index in [0.29, 0.717) is 12.5 Å². The van der Waals surface area contributed by atoms with Crippen molar-refractivity contribution in [1.29, 1.82) is 0 Å². The molecule has 0 amide bonds. The molecule has 1 unspecified atom stereocenters. The van der Waals surface area contributed by atoms with E-state index in [9.17, 15) is 13.2 Å². The average molecular weight is 280 g/mol. The van der Waals surface area contributed by atoms with Crippen LogP contribution in [0.3, 0.4) is 0 Å². The van der Waals surface area contributed by atoms with Gasteiger partial charge in [0.15, 0.2) is 15.1 Å². The number of carbonyl (C=O) groups is 1. The van der Waals surface area contributed by atoms with Gasteiger partial charge >= 0.3 is 5.97 Å². The second kappa shape index (κ2) is 7.74. The Balaban J connectivity index is 4.26. The Labute approximate surface area is 109 Å². The molecule has 0 aliphatic heterocycles. The van der Waals surface area contributed by atoms with E-state index >= 15 is 0 Å². The number of aliphatic carboxylic acids is 1. The van der Waals surface area contributed by atoms with Gasteiger partial charge in [0.2, 0.25) is 0 Å². The summed E-state index contributed by atoms with van der Waals surface area (Å²) in [5, 5.41) is 7.59. The fourth-order valence-electron chi connectivity index (χ4n) is 1.58. The minimum absolute atomic E-state index is 0.0611. The van der Waals surface area contributed by atoms with E-state index < -0.39 is 27.0 Å². The molecule has 1 atom stereocenters. The lowest BCUT2D eigenvalue weighted by Crippen LogP contribution is -2.37. The minimum Gasteiger partial charge on any atom is -0.480 e. The van der Waals surface area contributed by atoms with Gasteiger partial charge in [-0.2, -0.15) is 0 Å². The van der Waals surface area contributed by atoms with E-state index in [0.717, 1.165) is 6.42 Å². The highest BCUT2D eigenvalue weighted by Gasteiger charge is 2.34. The van der Waals surface area contributed by atoms with Crippen molar-refractivity contribution < 1.29 is 23.1 Å². The van der Waals surface area contributed by atoms with Gasteiger partial charge in [-0.25, -0.2) is 8.42 Å². The topological polar surface area (TPSA) is 80.7 Å². The first-order valence-electron chi connectivity index (χ1n) is 6.20. The summed E-state index contributed by atoms with van der Waals surface area (Å²) in [6.07, 6.45) is 0.868. The van der Waals surface area contributed by atoms with Gasteiger partial charge in [-0.15, -0.1) is 0 Å². The van der Waals surface area contributed by atoms with Gasteiger partial charge in [0.05, 0.1) is 12.4 Å². The van der Waals surface area contributed by atoms with Gasteiger partial charge < -0.3 is 9.84 Å². The zero-order chi connectivity index (χ0) is 14.3. The summed E-state index contributed by atoms with van der Waals surface area (Å²) >= 11 is 0. The Morgan fingerprint density at radius 2 is 1.72 bits per heavy atom. The van der Waals surface area contributed by atoms with Gasteiger partial charge in [0.1, 0.15) is 0 Å². The molecule has 0 aliphatic rings. The van der Waals surface area contributed by atoms with Crippen molar-refractivity contribution in [3.8, 4) is 0 Å². The van der Waals surface area contributed by atoms with Crippen LogP contribution in [0.25, 0.3) is 0 Å². The van der Waals surface area contributed by atoms with Crippen LogP contribution in [0.2, 0.25) is 0 Å². The number of carboxylic acids is 1. The maximum Gasteiger partial charge on any atom is 0.322 e. The van der Waals surface area contributed by atoms with Gasteiger partial charge in [0.25, 0.3) is 0 Å². The largest absolute Gasteiger partial charge is 0.480 e. The van der Waals surface area contributed by atoms with E-state index in [-0.39, 0.29) is 12.4 Å². The fourth-order valence-corrected chi connectivity index (χ4v) is 3.32. The minimum atomic E-state index is -3.65. The molecule has 5 nitrogen and oxygen atoms in total. The van der Waals surface area contributed by atoms with Crippen LogP contribution in [-0.2, 0) is 19.4 Å². The van der Waals surface area contributed by atoms with Gasteiger partial charge in [-0.05, 0) is 18.3 Å². The zero-order valence-electron chi connectivity index (χ0n) is 11.5. The van der Waals surface area contributed by atoms with E-state index in [4.69, 9.17) is 9.84 Å². The lowest BCUT2D eigenvalue weighted by Gasteiger charge is -2.16. The number of carboxylic acid groups (broad SMARTS) is 1. The van der Waals surface area contributed by atoms with Crippen LogP contribution in [0, 0.1) is 11.8 Å². The lowest BCUT2D eigenvalue weighted by molar-refractivity contribution is -0.137. The van der Waals surface area contributed by atoms with Crippen molar-refractivity contribution >= 4 is 15.8 Å². The summed E-state index contributed by atoms with van der Waals surface area (Å²) in [6, 6.07) is 0. The highest BCUT2D eigenvalue weighted by Crippen LogP contribution is 2.14. The summed E-state index contributed by atoms with van der Waals surface area (Å²) in [4.78, 5) is 10.9. The molecule has 0 heterocycles. The first-order chi connectivity index (χ1) is 8.18. The predicted octanol–water partition coefficient (Wildman–Crippen LogP) is 1.57. The average Bonchev–Trinajstić information content (AvgIpc) is 2.13. The number of ether oxygens (including phenoxy) is 1. The highest BCUT2D eigenvalue weighted by atomic mass is 32.2. The quantitative estimate of drug-likeness (QED) is 0.648. The van der Waals surface area contributed by atoms with Crippen LogP contribution in [0.5, 0.6) is 0 Å². The third-order valence-electron chi connectivity index (χ3n) is 2.59. The second-order valence-corrected chi connectivity index (χ2v) is 7.41. The molecular weight excluding hydrogens is 256 g/mol. The summed E-state index contributed by atoms with van der Waals surface area (Å²) in [5.41, 5.74) is 0. The van der Waals surface area contributed by atoms with Gasteiger partial charge in [0, 0.05) is 6.61 Å². The SMILES string of the molecule is CC(C)CCOCCS(=O)(=O)C(C(=O)O)C(C)C. The van der Waals surface area contributed by atoms with E-state index in [1.54, 1.807) is 13.8 Å². The molecule has 0 aromatic carbocycles. The summed E-state index contributed by atoms with van der Waals surface area (Å²) < 4.78 is 28.9. The fraction of sp³-hybridized carbons (Fsp3) is 0.917. The molecule has 0 aromatic rings. The number of sulfone groups is 1. The molecule has 0 rings (SSSR count). The summed E-state index contributed by atoms with van der Waals surface area (Å²) in [6.45, 7) is 7.86. The third kappa shape index (κ3) is 6.35. The standard InChI is InChI=1S/C12H24O5S/c1-9(2)5-6-17-7-8-18(15,16)11(10(3)4)12(13)14/h9-11H,5-8H2,1-4H3,(H,13,14). The van der Waals surface area contributed by atoms with Crippen LogP contribution >= 0.6 is 0 Å². The van der Waals surface area contributed by atoms with Crippen LogP contribution < -0.4 is 0 Å². The first-order valence-corrected chi connectivity index (χ1v) is 7.92. The van der Waals surface area contributed by atoms with Crippen molar-refractivity contribution in [3.05, 3.63) is 0 Å². The van der Waals surface area contributed by atoms with E-state index in [1.807, 2.05) is 0 Å². The predicted molar refractivity (Wildman–Crippen MR) is 70.3 cm³/mol. The Bertz CT molecular complexity index is 345. The molecule has 0 saturated carbocycles. The maximum atomic E-state index is 11.8. The van der Waals surface area contributed by atoms with Gasteiger partial charge in [-0.1, -0.05) is 27.7 Å². The highest BCUT2D eigenvalue weighted by molar-refractivity contribution is 7.92. The molecule has 0 aromatic heterocycles. The zero-order valence-corrected chi connectivity index (χ0v) is 12.4. The van der Waals surface area contributed by atoms with Crippen LogP contribution in [0.1, 0.15) is 34.1 Å². The monoisotopic (exact) mass is 280 g/mol. The number of rotatable bonds is 9. The van der Waals surface area contributed by atoms with Crippen LogP contribution in [0.4, 0.5) is 0 Å². The smallest absolute Gasteiger partial charge is 0.322 e. The van der Waals surface area contributed by atoms with Crippen molar-refractivity contribution in [2.75, 3.05) is 19.0 Å². The molecule has 0 radical (unpaired) electrons. The Morgan fingerprint density at radius 1 is 1.17 bits per heavy atom. The van der Waals surface area contributed by atoms with Crippen LogP contribution in [-0.4, -0.2) is 43.7 Å². The van der Waals surface area contributed by atoms with Crippen molar-refractivity contribution in [2.45, 2.75) is 39.4 Å². The van der Waals surface area contributed by atoms with Gasteiger partial charge in [-0.3, -0.25) is 4.79 Å². The molecule has 0 fully saturated rings. The number of hydrogen-bond acceptors (Lipinski definition) is 4. The molecule has 108 valence electrons. The Hall–Kier alpha value is -0.620. The Kier molecular flexibility index (Phi) is 7.47. The number of hydrogen-bond donors (Lipinski definition) is 1. The summed E-state index contributed by atoms with van der Waals surface area (Å²) in [5.74, 6) is -1.46. The molecule has 6 heteroatoms. The molecule has 0 bridgehead atoms. The Morgan fingerprint density at radius 3 is 2.11 bits per heavy atom. The molecule has 0 spiro atoms. The van der Waals surface area contributed by atoms with Crippen molar-refractivity contribution in [1.82, 2.24) is 0 Å². The third-order valence-corrected chi connectivity index (χ3v) is 4.84. The molecule has 0 saturated heterocycles. The second-order valence-electron chi connectivity index (χ2n) is 5.16. The van der Waals surface area contributed by atoms with Crippen molar-refractivity contribution in [3.63, 3.8) is 0 Å². The normalized spacial score (nSPS) is 14.1. The van der Waals surface area contributed by atoms with Crippen LogP contribution in [0.15, 0.2) is 0 Å². The summed E-state index contributed by atoms with van der Waals surface area (Å²) in [7, 11) is -3.65.